The molecule has 5 nitrogen and oxygen atoms in total. The van der Waals surface area contributed by atoms with Crippen LogP contribution in [0.5, 0.6) is 0 Å². The molecule has 1 N–H and O–H groups in total. The number of likely N-dealkylation sites (N-methyl/N-ethyl adjacent to an activating group) is 1. The van der Waals surface area contributed by atoms with E-state index in [9.17, 15) is 0 Å². The Bertz CT molecular complexity index is 387. The van der Waals surface area contributed by atoms with Crippen LogP contribution in [0.4, 0.5) is 11.8 Å². The van der Waals surface area contributed by atoms with Crippen LogP contribution in [0.2, 0.25) is 5.02 Å². The van der Waals surface area contributed by atoms with E-state index in [1.54, 1.807) is 6.20 Å². The molecule has 0 aliphatic heterocycles. The number of rotatable bonds is 8. The van der Waals surface area contributed by atoms with Crippen LogP contribution in [-0.2, 0) is 4.74 Å². The van der Waals surface area contributed by atoms with Crippen LogP contribution in [0, 0.1) is 0 Å². The van der Waals surface area contributed by atoms with Crippen molar-refractivity contribution >= 4 is 23.4 Å². The average molecular weight is 287 g/mol. The molecule has 0 amide bonds. The van der Waals surface area contributed by atoms with Gasteiger partial charge < -0.3 is 15.0 Å². The minimum absolute atomic E-state index is 0.232. The predicted molar refractivity (Wildman–Crippen MR) is 80.2 cm³/mol. The van der Waals surface area contributed by atoms with Crippen LogP contribution in [-0.4, -0.2) is 42.8 Å². The molecule has 0 aliphatic carbocycles. The minimum Gasteiger partial charge on any atom is -0.377 e. The molecule has 1 aromatic rings. The lowest BCUT2D eigenvalue weighted by Gasteiger charge is -2.20. The van der Waals surface area contributed by atoms with Crippen molar-refractivity contribution < 1.29 is 4.74 Å². The fourth-order valence-electron chi connectivity index (χ4n) is 1.48. The summed E-state index contributed by atoms with van der Waals surface area (Å²) in [5.41, 5.74) is 0. The van der Waals surface area contributed by atoms with Crippen molar-refractivity contribution in [3.05, 3.63) is 11.2 Å². The van der Waals surface area contributed by atoms with Gasteiger partial charge in [-0.25, -0.2) is 4.98 Å². The van der Waals surface area contributed by atoms with E-state index in [1.165, 1.54) is 0 Å². The Morgan fingerprint density at radius 2 is 2.21 bits per heavy atom. The molecule has 108 valence electrons. The maximum absolute atomic E-state index is 6.13. The number of nitrogens with one attached hydrogen (secondary N) is 1. The summed E-state index contributed by atoms with van der Waals surface area (Å²) in [6.07, 6.45) is 2.89. The van der Waals surface area contributed by atoms with Crippen molar-refractivity contribution in [3.63, 3.8) is 0 Å². The second kappa shape index (κ2) is 8.17. The summed E-state index contributed by atoms with van der Waals surface area (Å²) in [7, 11) is 1.95. The Labute approximate surface area is 120 Å². The summed E-state index contributed by atoms with van der Waals surface area (Å²) < 4.78 is 5.53. The quantitative estimate of drug-likeness (QED) is 0.796. The zero-order valence-electron chi connectivity index (χ0n) is 12.1. The topological polar surface area (TPSA) is 50.3 Å². The van der Waals surface area contributed by atoms with Gasteiger partial charge in [0.1, 0.15) is 5.02 Å². The Balaban J connectivity index is 2.63. The Morgan fingerprint density at radius 3 is 2.84 bits per heavy atom. The lowest BCUT2D eigenvalue weighted by molar-refractivity contribution is 0.0845. The fraction of sp³-hybridized carbons (Fsp3) is 0.692. The summed E-state index contributed by atoms with van der Waals surface area (Å²) in [6, 6.07) is 0. The number of halogens is 1. The van der Waals surface area contributed by atoms with Crippen LogP contribution in [0.1, 0.15) is 27.2 Å². The Hall–Kier alpha value is -1.07. The van der Waals surface area contributed by atoms with Crippen LogP contribution < -0.4 is 10.2 Å². The fourth-order valence-corrected chi connectivity index (χ4v) is 1.71. The van der Waals surface area contributed by atoms with Crippen molar-refractivity contribution in [2.24, 2.45) is 0 Å². The first kappa shape index (κ1) is 16.0. The standard InChI is InChI=1S/C13H23ClN4O/c1-5-6-15-13-16-9-11(14)12(17-13)18(4)7-8-19-10(2)3/h9-10H,5-8H2,1-4H3,(H,15,16,17). The number of ether oxygens (including phenoxy) is 1. The van der Waals surface area contributed by atoms with E-state index in [0.29, 0.717) is 17.6 Å². The normalized spacial score (nSPS) is 10.8. The van der Waals surface area contributed by atoms with E-state index in [2.05, 4.69) is 22.2 Å². The lowest BCUT2D eigenvalue weighted by atomic mass is 10.4. The third kappa shape index (κ3) is 5.61. The van der Waals surface area contributed by atoms with E-state index >= 15 is 0 Å². The molecule has 0 fully saturated rings. The molecule has 6 heteroatoms. The number of hydrogen-bond donors (Lipinski definition) is 1. The van der Waals surface area contributed by atoms with Gasteiger partial charge in [0.2, 0.25) is 5.95 Å². The molecule has 0 radical (unpaired) electrons. The van der Waals surface area contributed by atoms with Gasteiger partial charge in [0.15, 0.2) is 5.82 Å². The third-order valence-electron chi connectivity index (χ3n) is 2.50. The zero-order valence-corrected chi connectivity index (χ0v) is 12.9. The molecule has 1 aromatic heterocycles. The molecule has 0 bridgehead atoms. The monoisotopic (exact) mass is 286 g/mol. The second-order valence-corrected chi connectivity index (χ2v) is 5.04. The number of nitrogens with zero attached hydrogens (tertiary/aromatic N) is 3. The average Bonchev–Trinajstić information content (AvgIpc) is 2.37. The first-order chi connectivity index (χ1) is 9.04. The summed E-state index contributed by atoms with van der Waals surface area (Å²) in [5.74, 6) is 1.33. The molecule has 0 unspecified atom stereocenters. The summed E-state index contributed by atoms with van der Waals surface area (Å²) in [5, 5.41) is 3.70. The first-order valence-corrected chi connectivity index (χ1v) is 7.01. The summed E-state index contributed by atoms with van der Waals surface area (Å²) in [6.45, 7) is 8.36. The minimum atomic E-state index is 0.232. The largest absolute Gasteiger partial charge is 0.377 e. The van der Waals surface area contributed by atoms with Gasteiger partial charge in [-0.05, 0) is 20.3 Å². The smallest absolute Gasteiger partial charge is 0.224 e. The molecule has 0 aliphatic rings. The van der Waals surface area contributed by atoms with Crippen molar-refractivity contribution in [3.8, 4) is 0 Å². The number of anilines is 2. The molecule has 0 atom stereocenters. The van der Waals surface area contributed by atoms with Gasteiger partial charge >= 0.3 is 0 Å². The van der Waals surface area contributed by atoms with Crippen LogP contribution in [0.15, 0.2) is 6.20 Å². The van der Waals surface area contributed by atoms with E-state index in [1.807, 2.05) is 25.8 Å². The molecule has 0 spiro atoms. The van der Waals surface area contributed by atoms with Gasteiger partial charge in [-0.1, -0.05) is 18.5 Å². The van der Waals surface area contributed by atoms with Gasteiger partial charge in [0.05, 0.1) is 18.9 Å². The molecule has 19 heavy (non-hydrogen) atoms. The highest BCUT2D eigenvalue weighted by Gasteiger charge is 2.10. The highest BCUT2D eigenvalue weighted by atomic mass is 35.5. The third-order valence-corrected chi connectivity index (χ3v) is 2.76. The van der Waals surface area contributed by atoms with Gasteiger partial charge in [-0.2, -0.15) is 4.98 Å². The van der Waals surface area contributed by atoms with Crippen molar-refractivity contribution in [2.45, 2.75) is 33.3 Å². The number of hydrogen-bond acceptors (Lipinski definition) is 5. The molecular weight excluding hydrogens is 264 g/mol. The van der Waals surface area contributed by atoms with E-state index < -0.39 is 0 Å². The van der Waals surface area contributed by atoms with Crippen molar-refractivity contribution in [1.82, 2.24) is 9.97 Å². The van der Waals surface area contributed by atoms with Crippen LogP contribution >= 0.6 is 11.6 Å². The van der Waals surface area contributed by atoms with E-state index in [0.717, 1.165) is 25.3 Å². The molecular formula is C13H23ClN4O. The highest BCUT2D eigenvalue weighted by Crippen LogP contribution is 2.22. The lowest BCUT2D eigenvalue weighted by Crippen LogP contribution is -2.25. The van der Waals surface area contributed by atoms with E-state index in [4.69, 9.17) is 16.3 Å². The van der Waals surface area contributed by atoms with Gasteiger partial charge in [-0.3, -0.25) is 0 Å². The first-order valence-electron chi connectivity index (χ1n) is 6.63. The second-order valence-electron chi connectivity index (χ2n) is 4.63. The maximum Gasteiger partial charge on any atom is 0.224 e. The molecule has 0 aromatic carbocycles. The highest BCUT2D eigenvalue weighted by molar-refractivity contribution is 6.32. The predicted octanol–water partition coefficient (Wildman–Crippen LogP) is 2.81. The van der Waals surface area contributed by atoms with Crippen molar-refractivity contribution in [1.29, 1.82) is 0 Å². The van der Waals surface area contributed by atoms with Crippen LogP contribution in [0.3, 0.4) is 0 Å². The van der Waals surface area contributed by atoms with Crippen LogP contribution in [0.25, 0.3) is 0 Å². The molecule has 0 saturated heterocycles. The maximum atomic E-state index is 6.13. The van der Waals surface area contributed by atoms with Crippen molar-refractivity contribution in [2.75, 3.05) is 37.0 Å². The summed E-state index contributed by atoms with van der Waals surface area (Å²) >= 11 is 6.13. The number of aromatic nitrogens is 2. The Kier molecular flexibility index (Phi) is 6.87. The molecule has 1 rings (SSSR count). The summed E-state index contributed by atoms with van der Waals surface area (Å²) in [4.78, 5) is 10.6. The van der Waals surface area contributed by atoms with E-state index in [-0.39, 0.29) is 6.10 Å². The SMILES string of the molecule is CCCNc1ncc(Cl)c(N(C)CCOC(C)C)n1. The molecule has 0 saturated carbocycles. The van der Waals surface area contributed by atoms with Gasteiger partial charge in [-0.15, -0.1) is 0 Å². The molecule has 1 heterocycles. The zero-order chi connectivity index (χ0) is 14.3. The Morgan fingerprint density at radius 1 is 1.47 bits per heavy atom. The van der Waals surface area contributed by atoms with Gasteiger partial charge in [0.25, 0.3) is 0 Å². The van der Waals surface area contributed by atoms with Gasteiger partial charge in [0, 0.05) is 20.1 Å².